The van der Waals surface area contributed by atoms with Gasteiger partial charge in [0.1, 0.15) is 6.17 Å². The van der Waals surface area contributed by atoms with Gasteiger partial charge >= 0.3 is 0 Å². The van der Waals surface area contributed by atoms with E-state index in [9.17, 15) is 9.50 Å². The van der Waals surface area contributed by atoms with Gasteiger partial charge in [0.25, 0.3) is 0 Å². The Morgan fingerprint density at radius 1 is 1.20 bits per heavy atom. The third-order valence-corrected chi connectivity index (χ3v) is 7.02. The van der Waals surface area contributed by atoms with Crippen LogP contribution in [0.3, 0.4) is 0 Å². The summed E-state index contributed by atoms with van der Waals surface area (Å²) in [6.45, 7) is 4.89. The molecule has 182 valence electrons. The van der Waals surface area contributed by atoms with Crippen molar-refractivity contribution < 1.29 is 14.2 Å². The minimum absolute atomic E-state index is 0.352. The number of ether oxygens (including phenoxy) is 1. The van der Waals surface area contributed by atoms with Gasteiger partial charge in [-0.25, -0.2) is 14.1 Å². The number of pyridine rings is 2. The Labute approximate surface area is 207 Å². The zero-order valence-electron chi connectivity index (χ0n) is 20.0. The molecule has 0 bridgehead atoms. The lowest BCUT2D eigenvalue weighted by Gasteiger charge is -2.34. The molecule has 1 aromatic carbocycles. The molecule has 1 fully saturated rings. The zero-order valence-corrected chi connectivity index (χ0v) is 20.7. The Bertz CT molecular complexity index is 1420. The summed E-state index contributed by atoms with van der Waals surface area (Å²) in [4.78, 5) is 11.2. The van der Waals surface area contributed by atoms with Gasteiger partial charge in [-0.05, 0) is 37.6 Å². The standard InChI is InChI=1S/C25H26ClFN6O2/c1-14-5-7-20(15(2)29-14)25(34,22-10-28-31-32(22)3)16-6-8-21-18(9-16)23(26)19(24(30-21)35-4)13-33-11-17(27)12-33/h5-10,17,34H,11-13H2,1-4H3/t25-/m0/s1. The van der Waals surface area contributed by atoms with Crippen LogP contribution in [0.25, 0.3) is 10.9 Å². The van der Waals surface area contributed by atoms with E-state index in [4.69, 9.17) is 16.3 Å². The van der Waals surface area contributed by atoms with Gasteiger partial charge in [-0.2, -0.15) is 0 Å². The summed E-state index contributed by atoms with van der Waals surface area (Å²) >= 11 is 6.90. The summed E-state index contributed by atoms with van der Waals surface area (Å²) in [5.41, 5.74) is 2.91. The van der Waals surface area contributed by atoms with Crippen molar-refractivity contribution in [1.82, 2.24) is 29.9 Å². The number of aryl methyl sites for hydroxylation is 3. The lowest BCUT2D eigenvalue weighted by molar-refractivity contribution is 0.0583. The summed E-state index contributed by atoms with van der Waals surface area (Å²) in [5, 5.41) is 21.5. The van der Waals surface area contributed by atoms with Crippen molar-refractivity contribution in [3.63, 3.8) is 0 Å². The van der Waals surface area contributed by atoms with Crippen molar-refractivity contribution >= 4 is 22.5 Å². The lowest BCUT2D eigenvalue weighted by Crippen LogP contribution is -2.47. The molecule has 3 aromatic heterocycles. The highest BCUT2D eigenvalue weighted by Crippen LogP contribution is 2.41. The van der Waals surface area contributed by atoms with Crippen LogP contribution in [-0.2, 0) is 19.2 Å². The van der Waals surface area contributed by atoms with Gasteiger partial charge in [0, 0.05) is 54.6 Å². The van der Waals surface area contributed by atoms with Crippen molar-refractivity contribution in [2.45, 2.75) is 32.2 Å². The quantitative estimate of drug-likeness (QED) is 0.437. The van der Waals surface area contributed by atoms with Gasteiger partial charge in [-0.3, -0.25) is 9.88 Å². The van der Waals surface area contributed by atoms with Crippen molar-refractivity contribution in [3.05, 3.63) is 75.3 Å². The molecular formula is C25H26ClFN6O2. The molecule has 4 heterocycles. The van der Waals surface area contributed by atoms with E-state index in [1.54, 1.807) is 30.1 Å². The maximum absolute atomic E-state index is 13.4. The molecule has 1 aliphatic heterocycles. The highest BCUT2D eigenvalue weighted by Gasteiger charge is 2.39. The molecule has 8 nitrogen and oxygen atoms in total. The number of aromatic nitrogens is 5. The van der Waals surface area contributed by atoms with Gasteiger partial charge in [0.15, 0.2) is 5.60 Å². The van der Waals surface area contributed by atoms with E-state index in [1.165, 1.54) is 7.11 Å². The second-order valence-corrected chi connectivity index (χ2v) is 9.35. The van der Waals surface area contributed by atoms with Crippen molar-refractivity contribution in [3.8, 4) is 5.88 Å². The molecular weight excluding hydrogens is 471 g/mol. The summed E-state index contributed by atoms with van der Waals surface area (Å²) in [6.07, 6.45) is 0.716. The monoisotopic (exact) mass is 496 g/mol. The third-order valence-electron chi connectivity index (χ3n) is 6.58. The average Bonchev–Trinajstić information content (AvgIpc) is 3.25. The number of nitrogens with zero attached hydrogens (tertiary/aromatic N) is 6. The number of alkyl halides is 1. The molecule has 4 aromatic rings. The van der Waals surface area contributed by atoms with Crippen LogP contribution in [0, 0.1) is 13.8 Å². The topological polar surface area (TPSA) is 89.2 Å². The number of methoxy groups -OCH3 is 1. The Morgan fingerprint density at radius 3 is 2.60 bits per heavy atom. The van der Waals surface area contributed by atoms with E-state index in [0.717, 1.165) is 5.69 Å². The molecule has 0 amide bonds. The number of hydrogen-bond acceptors (Lipinski definition) is 7. The van der Waals surface area contributed by atoms with Crippen molar-refractivity contribution in [1.29, 1.82) is 0 Å². The van der Waals surface area contributed by atoms with Gasteiger partial charge in [0.2, 0.25) is 5.88 Å². The van der Waals surface area contributed by atoms with Crippen molar-refractivity contribution in [2.75, 3.05) is 20.2 Å². The fourth-order valence-electron chi connectivity index (χ4n) is 4.76. The predicted molar refractivity (Wildman–Crippen MR) is 130 cm³/mol. The summed E-state index contributed by atoms with van der Waals surface area (Å²) in [7, 11) is 3.27. The van der Waals surface area contributed by atoms with E-state index in [-0.39, 0.29) is 0 Å². The maximum atomic E-state index is 13.4. The number of halogens is 2. The van der Waals surface area contributed by atoms with Gasteiger partial charge in [-0.15, -0.1) is 5.10 Å². The van der Waals surface area contributed by atoms with Crippen LogP contribution in [0.5, 0.6) is 5.88 Å². The summed E-state index contributed by atoms with van der Waals surface area (Å²) in [6, 6.07) is 9.16. The first-order valence-electron chi connectivity index (χ1n) is 11.3. The fraction of sp³-hybridized carbons (Fsp3) is 0.360. The van der Waals surface area contributed by atoms with Crippen LogP contribution in [-0.4, -0.2) is 61.3 Å². The predicted octanol–water partition coefficient (Wildman–Crippen LogP) is 3.48. The molecule has 0 spiro atoms. The smallest absolute Gasteiger partial charge is 0.219 e. The second-order valence-electron chi connectivity index (χ2n) is 8.98. The fourth-order valence-corrected chi connectivity index (χ4v) is 5.05. The highest BCUT2D eigenvalue weighted by atomic mass is 35.5. The molecule has 0 unspecified atom stereocenters. The molecule has 0 saturated carbocycles. The van der Waals surface area contributed by atoms with E-state index >= 15 is 0 Å². The van der Waals surface area contributed by atoms with Crippen molar-refractivity contribution in [2.24, 2.45) is 7.05 Å². The van der Waals surface area contributed by atoms with E-state index in [2.05, 4.69) is 20.3 Å². The van der Waals surface area contributed by atoms with Crippen LogP contribution in [0.1, 0.15) is 33.8 Å². The summed E-state index contributed by atoms with van der Waals surface area (Å²) in [5.74, 6) is 0.405. The highest BCUT2D eigenvalue weighted by molar-refractivity contribution is 6.36. The number of aliphatic hydroxyl groups is 1. The zero-order chi connectivity index (χ0) is 24.9. The Morgan fingerprint density at radius 2 is 1.97 bits per heavy atom. The number of likely N-dealkylation sites (tertiary alicyclic amines) is 1. The van der Waals surface area contributed by atoms with Gasteiger partial charge < -0.3 is 9.84 Å². The molecule has 0 aliphatic carbocycles. The molecule has 1 saturated heterocycles. The first-order valence-corrected chi connectivity index (χ1v) is 11.7. The normalized spacial score (nSPS) is 16.3. The molecule has 1 atom stereocenters. The average molecular weight is 497 g/mol. The number of hydrogen-bond donors (Lipinski definition) is 1. The van der Waals surface area contributed by atoms with E-state index < -0.39 is 11.8 Å². The Kier molecular flexibility index (Phi) is 5.94. The molecule has 35 heavy (non-hydrogen) atoms. The van der Waals surface area contributed by atoms with Crippen LogP contribution < -0.4 is 4.74 Å². The van der Waals surface area contributed by atoms with Crippen LogP contribution in [0.2, 0.25) is 5.02 Å². The first-order chi connectivity index (χ1) is 16.7. The van der Waals surface area contributed by atoms with Gasteiger partial charge in [-0.1, -0.05) is 28.9 Å². The van der Waals surface area contributed by atoms with E-state index in [0.29, 0.717) is 69.5 Å². The SMILES string of the molecule is COc1nc2ccc([C@](O)(c3ccc(C)nc3C)c3cnnn3C)cc2c(Cl)c1CN1CC(F)C1. The maximum Gasteiger partial charge on any atom is 0.219 e. The number of fused-ring (bicyclic) bond motifs is 1. The lowest BCUT2D eigenvalue weighted by atomic mass is 9.82. The number of benzene rings is 1. The largest absolute Gasteiger partial charge is 0.481 e. The molecule has 10 heteroatoms. The van der Waals surface area contributed by atoms with Gasteiger partial charge in [0.05, 0.1) is 29.5 Å². The number of rotatable bonds is 6. The van der Waals surface area contributed by atoms with Crippen LogP contribution >= 0.6 is 11.6 Å². The molecule has 1 N–H and O–H groups in total. The van der Waals surface area contributed by atoms with Crippen LogP contribution in [0.15, 0.2) is 36.5 Å². The van der Waals surface area contributed by atoms with Crippen LogP contribution in [0.4, 0.5) is 4.39 Å². The minimum Gasteiger partial charge on any atom is -0.481 e. The van der Waals surface area contributed by atoms with E-state index in [1.807, 2.05) is 36.9 Å². The summed E-state index contributed by atoms with van der Waals surface area (Å²) < 4.78 is 20.5. The minimum atomic E-state index is -1.60. The molecule has 1 aliphatic rings. The third kappa shape index (κ3) is 3.93. The molecule has 0 radical (unpaired) electrons. The Balaban J connectivity index is 1.71. The Hall–Kier alpha value is -3.14. The molecule has 5 rings (SSSR count). The second kappa shape index (κ2) is 8.82. The first kappa shape index (κ1) is 23.6.